The number of phenolic OH excluding ortho intramolecular Hbond substituents is 1. The van der Waals surface area contributed by atoms with E-state index in [1.165, 1.54) is 0 Å². The Hall–Kier alpha value is -1.55. The van der Waals surface area contributed by atoms with Gasteiger partial charge in [-0.25, -0.2) is 0 Å². The van der Waals surface area contributed by atoms with Gasteiger partial charge in [-0.2, -0.15) is 0 Å². The topological polar surface area (TPSA) is 52.6 Å². The number of amides is 1. The number of nitrogens with zero attached hydrogens (tertiary/aromatic N) is 1. The second kappa shape index (κ2) is 6.75. The summed E-state index contributed by atoms with van der Waals surface area (Å²) in [7, 11) is 0. The van der Waals surface area contributed by atoms with Gasteiger partial charge in [0.1, 0.15) is 5.75 Å². The molecule has 0 spiro atoms. The van der Waals surface area contributed by atoms with Crippen LogP contribution in [0.25, 0.3) is 0 Å². The molecule has 1 unspecified atom stereocenters. The van der Waals surface area contributed by atoms with Gasteiger partial charge in [-0.15, -0.1) is 0 Å². The largest absolute Gasteiger partial charge is 0.507 e. The fourth-order valence-electron chi connectivity index (χ4n) is 2.77. The molecule has 110 valence electrons. The number of nitrogens with one attached hydrogen (secondary N) is 1. The van der Waals surface area contributed by atoms with E-state index in [1.54, 1.807) is 12.1 Å². The van der Waals surface area contributed by atoms with E-state index in [2.05, 4.69) is 12.2 Å². The molecule has 1 saturated heterocycles. The zero-order valence-corrected chi connectivity index (χ0v) is 12.4. The van der Waals surface area contributed by atoms with Crippen molar-refractivity contribution < 1.29 is 9.90 Å². The first kappa shape index (κ1) is 14.9. The summed E-state index contributed by atoms with van der Waals surface area (Å²) < 4.78 is 0. The molecule has 1 aromatic rings. The van der Waals surface area contributed by atoms with E-state index in [0.717, 1.165) is 44.5 Å². The molecule has 0 aromatic heterocycles. The van der Waals surface area contributed by atoms with E-state index in [0.29, 0.717) is 5.56 Å². The number of phenols is 1. The molecule has 1 heterocycles. The summed E-state index contributed by atoms with van der Waals surface area (Å²) in [6.07, 6.45) is 3.05. The minimum Gasteiger partial charge on any atom is -0.507 e. The third-order valence-electron chi connectivity index (χ3n) is 3.82. The Labute approximate surface area is 120 Å². The zero-order valence-electron chi connectivity index (χ0n) is 12.4. The summed E-state index contributed by atoms with van der Waals surface area (Å²) in [6, 6.07) is 5.43. The van der Waals surface area contributed by atoms with E-state index in [9.17, 15) is 9.90 Å². The van der Waals surface area contributed by atoms with Crippen LogP contribution in [0, 0.1) is 6.92 Å². The van der Waals surface area contributed by atoms with Crippen LogP contribution < -0.4 is 5.32 Å². The van der Waals surface area contributed by atoms with Crippen LogP contribution in [0.2, 0.25) is 0 Å². The first-order valence-electron chi connectivity index (χ1n) is 7.44. The first-order chi connectivity index (χ1) is 9.63. The number of hydrogen-bond acceptors (Lipinski definition) is 3. The number of rotatable bonds is 4. The van der Waals surface area contributed by atoms with Crippen LogP contribution in [0.1, 0.15) is 42.1 Å². The van der Waals surface area contributed by atoms with Crippen molar-refractivity contribution in [1.29, 1.82) is 0 Å². The lowest BCUT2D eigenvalue weighted by Crippen LogP contribution is -2.49. The molecule has 2 rings (SSSR count). The molecule has 2 N–H and O–H groups in total. The highest BCUT2D eigenvalue weighted by atomic mass is 16.3. The molecule has 0 saturated carbocycles. The van der Waals surface area contributed by atoms with Crippen molar-refractivity contribution in [3.63, 3.8) is 0 Å². The monoisotopic (exact) mass is 276 g/mol. The van der Waals surface area contributed by atoms with E-state index in [-0.39, 0.29) is 17.7 Å². The van der Waals surface area contributed by atoms with Crippen LogP contribution in [-0.4, -0.2) is 41.6 Å². The standard InChI is InChI=1S/C16H24N2O2/c1-3-9-18(13-5-4-8-17-11-13)16(20)14-10-12(2)6-7-15(14)19/h6-7,10,13,17,19H,3-5,8-9,11H2,1-2H3. The summed E-state index contributed by atoms with van der Waals surface area (Å²) in [5, 5.41) is 13.3. The average Bonchev–Trinajstić information content (AvgIpc) is 2.47. The number of carbonyl (C=O) groups is 1. The molecule has 0 aliphatic carbocycles. The van der Waals surface area contributed by atoms with E-state index >= 15 is 0 Å². The normalized spacial score (nSPS) is 18.8. The lowest BCUT2D eigenvalue weighted by atomic mass is 10.0. The fourth-order valence-corrected chi connectivity index (χ4v) is 2.77. The molecule has 1 aromatic carbocycles. The number of hydrogen-bond donors (Lipinski definition) is 2. The Morgan fingerprint density at radius 2 is 2.30 bits per heavy atom. The minimum absolute atomic E-state index is 0.0539. The van der Waals surface area contributed by atoms with Crippen molar-refractivity contribution >= 4 is 5.91 Å². The van der Waals surface area contributed by atoms with Gasteiger partial charge in [0.2, 0.25) is 0 Å². The maximum atomic E-state index is 12.7. The summed E-state index contributed by atoms with van der Waals surface area (Å²) >= 11 is 0. The van der Waals surface area contributed by atoms with Crippen molar-refractivity contribution in [2.24, 2.45) is 0 Å². The Morgan fingerprint density at radius 3 is 2.95 bits per heavy atom. The van der Waals surface area contributed by atoms with Crippen molar-refractivity contribution in [1.82, 2.24) is 10.2 Å². The van der Waals surface area contributed by atoms with Gasteiger partial charge in [-0.3, -0.25) is 4.79 Å². The van der Waals surface area contributed by atoms with Crippen LogP contribution in [0.5, 0.6) is 5.75 Å². The molecule has 4 nitrogen and oxygen atoms in total. The Balaban J connectivity index is 2.23. The highest BCUT2D eigenvalue weighted by molar-refractivity contribution is 5.97. The van der Waals surface area contributed by atoms with Crippen molar-refractivity contribution in [2.45, 2.75) is 39.2 Å². The molecule has 1 aliphatic heterocycles. The molecule has 0 radical (unpaired) electrons. The molecule has 1 fully saturated rings. The number of aromatic hydroxyl groups is 1. The summed E-state index contributed by atoms with van der Waals surface area (Å²) in [4.78, 5) is 14.7. The predicted octanol–water partition coefficient (Wildman–Crippen LogP) is 2.30. The van der Waals surface area contributed by atoms with Crippen molar-refractivity contribution in [3.05, 3.63) is 29.3 Å². The Kier molecular flexibility index (Phi) is 5.01. The minimum atomic E-state index is -0.0539. The Bertz CT molecular complexity index is 468. The molecule has 4 heteroatoms. The SMILES string of the molecule is CCCN(C(=O)c1cc(C)ccc1O)C1CCCNC1. The summed E-state index contributed by atoms with van der Waals surface area (Å²) in [6.45, 7) is 6.62. The second-order valence-electron chi connectivity index (χ2n) is 5.52. The molecular formula is C16H24N2O2. The third-order valence-corrected chi connectivity index (χ3v) is 3.82. The molecule has 0 bridgehead atoms. The predicted molar refractivity (Wildman–Crippen MR) is 80.1 cm³/mol. The molecule has 1 amide bonds. The van der Waals surface area contributed by atoms with Crippen LogP contribution in [0.15, 0.2) is 18.2 Å². The molecular weight excluding hydrogens is 252 g/mol. The van der Waals surface area contributed by atoms with E-state index in [1.807, 2.05) is 17.9 Å². The maximum Gasteiger partial charge on any atom is 0.257 e. The van der Waals surface area contributed by atoms with E-state index < -0.39 is 0 Å². The van der Waals surface area contributed by atoms with E-state index in [4.69, 9.17) is 0 Å². The Morgan fingerprint density at radius 1 is 1.50 bits per heavy atom. The van der Waals surface area contributed by atoms with Crippen molar-refractivity contribution in [3.8, 4) is 5.75 Å². The summed E-state index contributed by atoms with van der Waals surface area (Å²) in [5.41, 5.74) is 1.41. The van der Waals surface area contributed by atoms with Crippen LogP contribution in [-0.2, 0) is 0 Å². The zero-order chi connectivity index (χ0) is 14.5. The highest BCUT2D eigenvalue weighted by Gasteiger charge is 2.27. The number of benzene rings is 1. The maximum absolute atomic E-state index is 12.7. The van der Waals surface area contributed by atoms with Crippen LogP contribution in [0.3, 0.4) is 0 Å². The van der Waals surface area contributed by atoms with Gasteiger partial charge in [0.05, 0.1) is 5.56 Å². The van der Waals surface area contributed by atoms with Gasteiger partial charge in [0.25, 0.3) is 5.91 Å². The quantitative estimate of drug-likeness (QED) is 0.887. The average molecular weight is 276 g/mol. The van der Waals surface area contributed by atoms with Gasteiger partial charge < -0.3 is 15.3 Å². The van der Waals surface area contributed by atoms with Gasteiger partial charge in [0.15, 0.2) is 0 Å². The lowest BCUT2D eigenvalue weighted by Gasteiger charge is -2.34. The molecule has 1 atom stereocenters. The molecule has 1 aliphatic rings. The lowest BCUT2D eigenvalue weighted by molar-refractivity contribution is 0.0646. The highest BCUT2D eigenvalue weighted by Crippen LogP contribution is 2.22. The van der Waals surface area contributed by atoms with Crippen LogP contribution >= 0.6 is 0 Å². The summed E-state index contributed by atoms with van der Waals surface area (Å²) in [5.74, 6) is 0.0206. The third kappa shape index (κ3) is 3.31. The van der Waals surface area contributed by atoms with Gasteiger partial charge in [0, 0.05) is 19.1 Å². The number of aryl methyl sites for hydroxylation is 1. The number of carbonyl (C=O) groups excluding carboxylic acids is 1. The van der Waals surface area contributed by atoms with Gasteiger partial charge in [-0.1, -0.05) is 18.6 Å². The fraction of sp³-hybridized carbons (Fsp3) is 0.562. The van der Waals surface area contributed by atoms with Gasteiger partial charge in [-0.05, 0) is 44.9 Å². The van der Waals surface area contributed by atoms with Gasteiger partial charge >= 0.3 is 0 Å². The second-order valence-corrected chi connectivity index (χ2v) is 5.52. The van der Waals surface area contributed by atoms with Crippen LogP contribution in [0.4, 0.5) is 0 Å². The first-order valence-corrected chi connectivity index (χ1v) is 7.44. The van der Waals surface area contributed by atoms with Crippen molar-refractivity contribution in [2.75, 3.05) is 19.6 Å². The number of piperidine rings is 1. The molecule has 20 heavy (non-hydrogen) atoms. The smallest absolute Gasteiger partial charge is 0.257 e.